The predicted octanol–water partition coefficient (Wildman–Crippen LogP) is 5.17. The summed E-state index contributed by atoms with van der Waals surface area (Å²) >= 11 is 5.99. The van der Waals surface area contributed by atoms with Gasteiger partial charge in [-0.15, -0.1) is 0 Å². The zero-order valence-electron chi connectivity index (χ0n) is 18.7. The van der Waals surface area contributed by atoms with Gasteiger partial charge in [-0.05, 0) is 62.3 Å². The Morgan fingerprint density at radius 3 is 2.77 bits per heavy atom. The molecule has 31 heavy (non-hydrogen) atoms. The molecule has 2 fully saturated rings. The molecule has 0 amide bonds. The highest BCUT2D eigenvalue weighted by molar-refractivity contribution is 6.28. The molecule has 0 spiro atoms. The van der Waals surface area contributed by atoms with Crippen LogP contribution >= 0.6 is 11.6 Å². The van der Waals surface area contributed by atoms with Gasteiger partial charge >= 0.3 is 5.97 Å². The monoisotopic (exact) mass is 445 g/mol. The number of carbonyl (C=O) groups excluding carboxylic acids is 1. The summed E-state index contributed by atoms with van der Waals surface area (Å²) in [6, 6.07) is 0. The summed E-state index contributed by atoms with van der Waals surface area (Å²) in [4.78, 5) is 22.7. The van der Waals surface area contributed by atoms with E-state index in [9.17, 15) is 4.79 Å². The zero-order chi connectivity index (χ0) is 22.4. The molecule has 1 aromatic rings. The molecule has 6 nitrogen and oxygen atoms in total. The Hall–Kier alpha value is -2.34. The van der Waals surface area contributed by atoms with Crippen LogP contribution in [0.15, 0.2) is 41.8 Å². The van der Waals surface area contributed by atoms with Crippen molar-refractivity contribution in [2.24, 2.45) is 5.92 Å². The van der Waals surface area contributed by atoms with E-state index in [1.165, 1.54) is 5.57 Å². The number of ether oxygens (including phenoxy) is 2. The minimum Gasteiger partial charge on any atom is -0.495 e. The molecule has 1 aliphatic carbocycles. The molecule has 0 bridgehead atoms. The first-order valence-corrected chi connectivity index (χ1v) is 11.4. The molecule has 1 unspecified atom stereocenters. The molecule has 0 radical (unpaired) electrons. The average molecular weight is 446 g/mol. The number of hydrogen-bond acceptors (Lipinski definition) is 6. The fourth-order valence-corrected chi connectivity index (χ4v) is 4.61. The Morgan fingerprint density at radius 1 is 1.35 bits per heavy atom. The van der Waals surface area contributed by atoms with Crippen molar-refractivity contribution in [3.05, 3.63) is 52.7 Å². The molecule has 0 aromatic carbocycles. The number of allylic oxidation sites excluding steroid dienone is 5. The summed E-state index contributed by atoms with van der Waals surface area (Å²) in [5.74, 6) is 1.88. The van der Waals surface area contributed by atoms with Gasteiger partial charge in [-0.25, -0.2) is 9.97 Å². The van der Waals surface area contributed by atoms with Crippen molar-refractivity contribution in [1.29, 1.82) is 0 Å². The van der Waals surface area contributed by atoms with Crippen LogP contribution < -0.4 is 4.90 Å². The van der Waals surface area contributed by atoms with Crippen molar-refractivity contribution in [1.82, 2.24) is 9.97 Å². The van der Waals surface area contributed by atoms with Crippen molar-refractivity contribution in [2.45, 2.75) is 59.0 Å². The Labute approximate surface area is 190 Å². The summed E-state index contributed by atoms with van der Waals surface area (Å²) in [6.45, 7) is 11.9. The SMILES string of the molecule is C=C/C=C1\C(=C(/C)OC2CCN(c3nc(Cl)ncc3C)CC2)CCC1CC(=O)OCC. The van der Waals surface area contributed by atoms with Crippen LogP contribution in [0.1, 0.15) is 51.5 Å². The second-order valence-electron chi connectivity index (χ2n) is 8.09. The molecule has 168 valence electrons. The number of aryl methyl sites for hydroxylation is 1. The number of halogens is 1. The lowest BCUT2D eigenvalue weighted by molar-refractivity contribution is -0.143. The van der Waals surface area contributed by atoms with Crippen LogP contribution in [0.5, 0.6) is 0 Å². The maximum atomic E-state index is 12.0. The van der Waals surface area contributed by atoms with Crippen molar-refractivity contribution in [3.63, 3.8) is 0 Å². The molecule has 1 saturated carbocycles. The minimum absolute atomic E-state index is 0.144. The summed E-state index contributed by atoms with van der Waals surface area (Å²) in [5, 5.41) is 0.277. The second-order valence-corrected chi connectivity index (χ2v) is 8.43. The minimum atomic E-state index is -0.144. The molecule has 3 rings (SSSR count). The van der Waals surface area contributed by atoms with Crippen molar-refractivity contribution < 1.29 is 14.3 Å². The number of aromatic nitrogens is 2. The number of piperidine rings is 1. The van der Waals surface area contributed by atoms with Gasteiger partial charge in [0.25, 0.3) is 0 Å². The number of carbonyl (C=O) groups is 1. The van der Waals surface area contributed by atoms with Gasteiger partial charge < -0.3 is 14.4 Å². The standard InChI is InChI=1S/C24H32ClN3O3/c1-5-7-21-18(14-22(29)30-6-2)8-9-20(21)17(4)31-19-10-12-28(13-11-19)23-16(3)15-26-24(25)27-23/h5,7,15,18-19H,1,6,8-14H2,2-4H3/b20-17+,21-7-. The fourth-order valence-electron chi connectivity index (χ4n) is 4.48. The first-order valence-electron chi connectivity index (χ1n) is 11.0. The molecule has 2 heterocycles. The predicted molar refractivity (Wildman–Crippen MR) is 123 cm³/mol. The van der Waals surface area contributed by atoms with E-state index >= 15 is 0 Å². The number of nitrogens with zero attached hydrogens (tertiary/aromatic N) is 3. The van der Waals surface area contributed by atoms with Gasteiger partial charge in [-0.2, -0.15) is 0 Å². The summed E-state index contributed by atoms with van der Waals surface area (Å²) in [6.07, 6.45) is 9.81. The van der Waals surface area contributed by atoms with E-state index < -0.39 is 0 Å². The van der Waals surface area contributed by atoms with Gasteiger partial charge in [0.05, 0.1) is 18.8 Å². The van der Waals surface area contributed by atoms with Crippen LogP contribution in [0, 0.1) is 12.8 Å². The van der Waals surface area contributed by atoms with Crippen molar-refractivity contribution in [3.8, 4) is 0 Å². The smallest absolute Gasteiger partial charge is 0.306 e. The van der Waals surface area contributed by atoms with E-state index in [0.717, 1.165) is 61.5 Å². The van der Waals surface area contributed by atoms with Gasteiger partial charge in [0.2, 0.25) is 5.28 Å². The van der Waals surface area contributed by atoms with Crippen LogP contribution in [-0.4, -0.2) is 41.7 Å². The number of esters is 1. The number of rotatable bonds is 7. The van der Waals surface area contributed by atoms with E-state index in [1.807, 2.05) is 26.8 Å². The highest BCUT2D eigenvalue weighted by Crippen LogP contribution is 2.41. The molecular formula is C24H32ClN3O3. The Morgan fingerprint density at radius 2 is 2.10 bits per heavy atom. The van der Waals surface area contributed by atoms with Gasteiger partial charge in [0.15, 0.2) is 0 Å². The molecule has 0 N–H and O–H groups in total. The van der Waals surface area contributed by atoms with Gasteiger partial charge in [0.1, 0.15) is 11.9 Å². The van der Waals surface area contributed by atoms with Crippen LogP contribution in [0.2, 0.25) is 5.28 Å². The highest BCUT2D eigenvalue weighted by Gasteiger charge is 2.30. The van der Waals surface area contributed by atoms with Gasteiger partial charge in [-0.1, -0.05) is 18.7 Å². The van der Waals surface area contributed by atoms with Gasteiger partial charge in [0, 0.05) is 37.7 Å². The summed E-state index contributed by atoms with van der Waals surface area (Å²) in [5.41, 5.74) is 3.39. The van der Waals surface area contributed by atoms with E-state index in [1.54, 1.807) is 12.3 Å². The Balaban J connectivity index is 1.63. The van der Waals surface area contributed by atoms with Crippen molar-refractivity contribution in [2.75, 3.05) is 24.6 Å². The molecule has 1 aromatic heterocycles. The van der Waals surface area contributed by atoms with Crippen LogP contribution in [-0.2, 0) is 14.3 Å². The number of hydrogen-bond donors (Lipinski definition) is 0. The lowest BCUT2D eigenvalue weighted by Crippen LogP contribution is -2.37. The number of anilines is 1. The van der Waals surface area contributed by atoms with Crippen LogP contribution in [0.3, 0.4) is 0 Å². The molecular weight excluding hydrogens is 414 g/mol. The normalized spacial score (nSPS) is 22.5. The van der Waals surface area contributed by atoms with E-state index in [0.29, 0.717) is 13.0 Å². The van der Waals surface area contributed by atoms with E-state index in [4.69, 9.17) is 21.1 Å². The largest absolute Gasteiger partial charge is 0.495 e. The zero-order valence-corrected chi connectivity index (χ0v) is 19.5. The Bertz CT molecular complexity index is 873. The van der Waals surface area contributed by atoms with Crippen molar-refractivity contribution >= 4 is 23.4 Å². The molecule has 1 atom stereocenters. The van der Waals surface area contributed by atoms with Crippen LogP contribution in [0.25, 0.3) is 0 Å². The lowest BCUT2D eigenvalue weighted by atomic mass is 9.96. The third-order valence-electron chi connectivity index (χ3n) is 5.97. The van der Waals surface area contributed by atoms with Gasteiger partial charge in [-0.3, -0.25) is 4.79 Å². The fraction of sp³-hybridized carbons (Fsp3) is 0.542. The topological polar surface area (TPSA) is 64.5 Å². The lowest BCUT2D eigenvalue weighted by Gasteiger charge is -2.34. The second kappa shape index (κ2) is 10.8. The summed E-state index contributed by atoms with van der Waals surface area (Å²) < 4.78 is 11.5. The molecule has 2 aliphatic rings. The quantitative estimate of drug-likeness (QED) is 0.327. The van der Waals surface area contributed by atoms with E-state index in [-0.39, 0.29) is 23.3 Å². The third-order valence-corrected chi connectivity index (χ3v) is 6.15. The maximum Gasteiger partial charge on any atom is 0.306 e. The van der Waals surface area contributed by atoms with E-state index in [2.05, 4.69) is 21.4 Å². The molecule has 1 saturated heterocycles. The molecule has 1 aliphatic heterocycles. The van der Waals surface area contributed by atoms with Crippen LogP contribution in [0.4, 0.5) is 5.82 Å². The highest BCUT2D eigenvalue weighted by atomic mass is 35.5. The Kier molecular flexibility index (Phi) is 8.13. The first-order chi connectivity index (χ1) is 14.9. The molecule has 7 heteroatoms. The average Bonchev–Trinajstić information content (AvgIpc) is 3.13. The third kappa shape index (κ3) is 5.88. The maximum absolute atomic E-state index is 12.0. The first kappa shape index (κ1) is 23.3. The summed E-state index contributed by atoms with van der Waals surface area (Å²) in [7, 11) is 0.